The quantitative estimate of drug-likeness (QED) is 0.905. The molecule has 3 atom stereocenters. The van der Waals surface area contributed by atoms with Crippen molar-refractivity contribution in [3.8, 4) is 0 Å². The second-order valence-electron chi connectivity index (χ2n) is 6.48. The van der Waals surface area contributed by atoms with Crippen LogP contribution in [0.4, 0.5) is 0 Å². The van der Waals surface area contributed by atoms with Crippen molar-refractivity contribution in [2.45, 2.75) is 44.4 Å². The van der Waals surface area contributed by atoms with Gasteiger partial charge in [-0.15, -0.1) is 0 Å². The zero-order valence-corrected chi connectivity index (χ0v) is 14.1. The van der Waals surface area contributed by atoms with Crippen LogP contribution < -0.4 is 0 Å². The normalized spacial score (nSPS) is 34.2. The van der Waals surface area contributed by atoms with Crippen LogP contribution in [0.1, 0.15) is 31.7 Å². The Kier molecular flexibility index (Phi) is 4.64. The molecule has 0 bridgehead atoms. The summed E-state index contributed by atoms with van der Waals surface area (Å²) >= 11 is 3.48. The first kappa shape index (κ1) is 15.4. The lowest BCUT2D eigenvalue weighted by Gasteiger charge is -2.43. The zero-order valence-electron chi connectivity index (χ0n) is 12.5. The summed E-state index contributed by atoms with van der Waals surface area (Å²) < 4.78 is 6.66. The number of aliphatic hydroxyl groups is 1. The average molecular weight is 355 g/mol. The Balaban J connectivity index is 1.73. The Morgan fingerprint density at radius 1 is 1.52 bits per heavy atom. The summed E-state index contributed by atoms with van der Waals surface area (Å²) in [7, 11) is 0. The summed E-state index contributed by atoms with van der Waals surface area (Å²) in [6.45, 7) is 5.29. The van der Waals surface area contributed by atoms with Gasteiger partial charge in [-0.1, -0.05) is 0 Å². The summed E-state index contributed by atoms with van der Waals surface area (Å²) in [4.78, 5) is 6.73. The third-order valence-corrected chi connectivity index (χ3v) is 5.31. The van der Waals surface area contributed by atoms with E-state index in [4.69, 9.17) is 4.74 Å². The van der Waals surface area contributed by atoms with Crippen LogP contribution in [0.25, 0.3) is 0 Å². The highest BCUT2D eigenvalue weighted by Crippen LogP contribution is 2.36. The van der Waals surface area contributed by atoms with Gasteiger partial charge in [0, 0.05) is 42.0 Å². The highest BCUT2D eigenvalue weighted by Gasteiger charge is 2.43. The molecule has 0 aromatic carbocycles. The topological polar surface area (TPSA) is 45.6 Å². The van der Waals surface area contributed by atoms with Crippen molar-refractivity contribution >= 4 is 15.9 Å². The Labute approximate surface area is 134 Å². The molecule has 3 heterocycles. The minimum Gasteiger partial charge on any atom is -0.390 e. The first-order chi connectivity index (χ1) is 10.1. The second kappa shape index (κ2) is 6.32. The number of rotatable bonds is 3. The maximum atomic E-state index is 10.7. The molecule has 2 aliphatic heterocycles. The zero-order chi connectivity index (χ0) is 14.9. The van der Waals surface area contributed by atoms with E-state index in [1.165, 1.54) is 12.0 Å². The first-order valence-corrected chi connectivity index (χ1v) is 8.49. The van der Waals surface area contributed by atoms with Gasteiger partial charge < -0.3 is 9.84 Å². The van der Waals surface area contributed by atoms with Gasteiger partial charge in [0.05, 0.1) is 12.2 Å². The van der Waals surface area contributed by atoms with Crippen molar-refractivity contribution in [3.05, 3.63) is 28.5 Å². The number of likely N-dealkylation sites (tertiary alicyclic amines) is 1. The van der Waals surface area contributed by atoms with Gasteiger partial charge in [0.15, 0.2) is 0 Å². The number of hydrogen-bond acceptors (Lipinski definition) is 4. The van der Waals surface area contributed by atoms with Crippen molar-refractivity contribution in [2.24, 2.45) is 5.92 Å². The molecule has 3 rings (SSSR count). The van der Waals surface area contributed by atoms with E-state index in [9.17, 15) is 5.11 Å². The van der Waals surface area contributed by atoms with Crippen LogP contribution in [0.2, 0.25) is 0 Å². The Bertz CT molecular complexity index is 495. The molecule has 0 saturated carbocycles. The Hall–Kier alpha value is -0.490. The van der Waals surface area contributed by atoms with E-state index < -0.39 is 5.60 Å². The van der Waals surface area contributed by atoms with Crippen molar-refractivity contribution in [1.29, 1.82) is 0 Å². The summed E-state index contributed by atoms with van der Waals surface area (Å²) in [5.41, 5.74) is 0.605. The molecule has 116 valence electrons. The molecule has 1 aromatic heterocycles. The van der Waals surface area contributed by atoms with Gasteiger partial charge >= 0.3 is 0 Å². The van der Waals surface area contributed by atoms with Crippen LogP contribution in [0.5, 0.6) is 0 Å². The summed E-state index contributed by atoms with van der Waals surface area (Å²) in [5, 5.41) is 10.7. The van der Waals surface area contributed by atoms with E-state index in [1.54, 1.807) is 0 Å². The highest BCUT2D eigenvalue weighted by atomic mass is 79.9. The van der Waals surface area contributed by atoms with Crippen LogP contribution in [0, 0.1) is 5.92 Å². The Morgan fingerprint density at radius 3 is 3.14 bits per heavy atom. The van der Waals surface area contributed by atoms with Crippen molar-refractivity contribution in [3.63, 3.8) is 0 Å². The molecule has 2 saturated heterocycles. The molecular weight excluding hydrogens is 332 g/mol. The Morgan fingerprint density at radius 2 is 2.38 bits per heavy atom. The molecule has 0 spiro atoms. The number of ether oxygens (including phenoxy) is 1. The summed E-state index contributed by atoms with van der Waals surface area (Å²) in [5.74, 6) is 0.203. The van der Waals surface area contributed by atoms with Gasteiger partial charge in [-0.3, -0.25) is 9.88 Å². The van der Waals surface area contributed by atoms with Gasteiger partial charge in [0.2, 0.25) is 0 Å². The minimum atomic E-state index is -0.610. The summed E-state index contributed by atoms with van der Waals surface area (Å²) in [6.07, 6.45) is 6.81. The molecule has 2 fully saturated rings. The fourth-order valence-corrected chi connectivity index (χ4v) is 4.07. The van der Waals surface area contributed by atoms with Crippen molar-refractivity contribution in [2.75, 3.05) is 19.8 Å². The fourth-order valence-electron chi connectivity index (χ4n) is 3.66. The van der Waals surface area contributed by atoms with E-state index in [-0.39, 0.29) is 5.92 Å². The van der Waals surface area contributed by atoms with Crippen LogP contribution >= 0.6 is 15.9 Å². The second-order valence-corrected chi connectivity index (χ2v) is 7.40. The molecular formula is C16H23BrN2O2. The van der Waals surface area contributed by atoms with E-state index in [2.05, 4.69) is 31.9 Å². The predicted octanol–water partition coefficient (Wildman–Crippen LogP) is 2.60. The van der Waals surface area contributed by atoms with Gasteiger partial charge in [0.25, 0.3) is 0 Å². The molecule has 21 heavy (non-hydrogen) atoms. The number of aromatic nitrogens is 1. The van der Waals surface area contributed by atoms with Crippen LogP contribution in [-0.2, 0) is 11.3 Å². The van der Waals surface area contributed by atoms with E-state index >= 15 is 0 Å². The lowest BCUT2D eigenvalue weighted by atomic mass is 9.79. The molecule has 2 aliphatic rings. The number of hydrogen-bond donors (Lipinski definition) is 1. The first-order valence-electron chi connectivity index (χ1n) is 7.70. The number of pyridine rings is 1. The average Bonchev–Trinajstić information content (AvgIpc) is 2.86. The SMILES string of the molecule is C[C@]1(O)CCOC[C@H]1[C@@H]1CCCN1Cc1cncc(Br)c1. The smallest absolute Gasteiger partial charge is 0.0706 e. The monoisotopic (exact) mass is 354 g/mol. The largest absolute Gasteiger partial charge is 0.390 e. The molecule has 0 amide bonds. The van der Waals surface area contributed by atoms with Crippen molar-refractivity contribution < 1.29 is 9.84 Å². The van der Waals surface area contributed by atoms with Crippen LogP contribution in [-0.4, -0.2) is 46.4 Å². The van der Waals surface area contributed by atoms with E-state index in [1.807, 2.05) is 19.3 Å². The third kappa shape index (κ3) is 3.47. The lowest BCUT2D eigenvalue weighted by Crippen LogP contribution is -2.52. The summed E-state index contributed by atoms with van der Waals surface area (Å²) in [6, 6.07) is 2.53. The molecule has 0 radical (unpaired) electrons. The van der Waals surface area contributed by atoms with Gasteiger partial charge in [0.1, 0.15) is 0 Å². The lowest BCUT2D eigenvalue weighted by molar-refractivity contribution is -0.123. The van der Waals surface area contributed by atoms with Crippen LogP contribution in [0.3, 0.4) is 0 Å². The van der Waals surface area contributed by atoms with Gasteiger partial charge in [-0.25, -0.2) is 0 Å². The highest BCUT2D eigenvalue weighted by molar-refractivity contribution is 9.10. The number of halogens is 1. The molecule has 5 heteroatoms. The van der Waals surface area contributed by atoms with Gasteiger partial charge in [-0.2, -0.15) is 0 Å². The molecule has 0 aliphatic carbocycles. The minimum absolute atomic E-state index is 0.203. The fraction of sp³-hybridized carbons (Fsp3) is 0.688. The number of nitrogens with zero attached hydrogens (tertiary/aromatic N) is 2. The van der Waals surface area contributed by atoms with E-state index in [0.717, 1.165) is 30.4 Å². The molecule has 4 nitrogen and oxygen atoms in total. The molecule has 0 unspecified atom stereocenters. The maximum Gasteiger partial charge on any atom is 0.0706 e. The van der Waals surface area contributed by atoms with Gasteiger partial charge in [-0.05, 0) is 60.3 Å². The maximum absolute atomic E-state index is 10.7. The predicted molar refractivity (Wildman–Crippen MR) is 84.9 cm³/mol. The standard InChI is InChI=1S/C16H23BrN2O2/c1-16(20)4-6-21-11-14(16)15-3-2-5-19(15)10-12-7-13(17)9-18-8-12/h7-9,14-15,20H,2-6,10-11H2,1H3/t14-,15-,16-/m0/s1. The molecule has 1 N–H and O–H groups in total. The third-order valence-electron chi connectivity index (χ3n) is 4.87. The molecule has 1 aromatic rings. The van der Waals surface area contributed by atoms with Crippen molar-refractivity contribution in [1.82, 2.24) is 9.88 Å². The van der Waals surface area contributed by atoms with E-state index in [0.29, 0.717) is 19.3 Å². The van der Waals surface area contributed by atoms with Crippen LogP contribution in [0.15, 0.2) is 22.9 Å².